The van der Waals surface area contributed by atoms with Crippen LogP contribution in [0.3, 0.4) is 0 Å². The fourth-order valence-corrected chi connectivity index (χ4v) is 4.40. The summed E-state index contributed by atoms with van der Waals surface area (Å²) in [5, 5.41) is 13.5. The van der Waals surface area contributed by atoms with Gasteiger partial charge in [-0.2, -0.15) is 0 Å². The largest absolute Gasteiger partial charge is 0.492 e. The first-order chi connectivity index (χ1) is 18.4. The quantitative estimate of drug-likeness (QED) is 0.353. The van der Waals surface area contributed by atoms with Gasteiger partial charge in [-0.15, -0.1) is 0 Å². The highest BCUT2D eigenvalue weighted by Crippen LogP contribution is 2.29. The van der Waals surface area contributed by atoms with Crippen LogP contribution in [0.2, 0.25) is 0 Å². The number of hydrogen-bond donors (Lipinski definition) is 3. The van der Waals surface area contributed by atoms with Crippen LogP contribution in [0, 0.1) is 11.8 Å². The first-order valence-corrected chi connectivity index (χ1v) is 12.6. The molecule has 1 aliphatic carbocycles. The molecule has 0 aromatic heterocycles. The van der Waals surface area contributed by atoms with E-state index in [0.29, 0.717) is 6.42 Å². The van der Waals surface area contributed by atoms with E-state index in [-0.39, 0.29) is 34.9 Å². The monoisotopic (exact) mass is 546 g/mol. The predicted molar refractivity (Wildman–Crippen MR) is 142 cm³/mol. The van der Waals surface area contributed by atoms with Crippen LogP contribution in [0.5, 0.6) is 0 Å². The van der Waals surface area contributed by atoms with E-state index in [1.54, 1.807) is 25.2 Å². The molecule has 0 aromatic carbocycles. The highest BCUT2D eigenvalue weighted by Gasteiger charge is 2.33. The van der Waals surface area contributed by atoms with Gasteiger partial charge in [-0.05, 0) is 31.8 Å². The molecule has 6 atom stereocenters. The molecule has 2 amide bonds. The van der Waals surface area contributed by atoms with Crippen LogP contribution in [0.4, 0.5) is 4.79 Å². The Morgan fingerprint density at radius 1 is 1.05 bits per heavy atom. The van der Waals surface area contributed by atoms with E-state index in [4.69, 9.17) is 24.7 Å². The molecule has 0 saturated carbocycles. The van der Waals surface area contributed by atoms with Gasteiger partial charge in [0.2, 0.25) is 11.6 Å². The van der Waals surface area contributed by atoms with Gasteiger partial charge in [0, 0.05) is 37.4 Å². The maximum Gasteiger partial charge on any atom is 0.405 e. The van der Waals surface area contributed by atoms with E-state index in [1.807, 2.05) is 6.92 Å². The smallest absolute Gasteiger partial charge is 0.405 e. The second-order valence-electron chi connectivity index (χ2n) is 9.61. The topological polar surface area (TPSA) is 163 Å². The number of methoxy groups -OCH3 is 3. The Balaban J connectivity index is 2.55. The molecule has 0 spiro atoms. The van der Waals surface area contributed by atoms with Crippen molar-refractivity contribution in [2.75, 3.05) is 21.3 Å². The lowest BCUT2D eigenvalue weighted by molar-refractivity contribution is -0.120. The third-order valence-corrected chi connectivity index (χ3v) is 6.61. The minimum atomic E-state index is -1.01. The van der Waals surface area contributed by atoms with Crippen LogP contribution in [0.25, 0.3) is 0 Å². The number of amides is 2. The van der Waals surface area contributed by atoms with Gasteiger partial charge in [0.25, 0.3) is 5.91 Å². The molecule has 4 N–H and O–H groups in total. The maximum absolute atomic E-state index is 13.3. The fourth-order valence-electron chi connectivity index (χ4n) is 4.40. The molecular formula is C28H38N2O9. The second kappa shape index (κ2) is 14.6. The van der Waals surface area contributed by atoms with Crippen molar-refractivity contribution in [2.24, 2.45) is 17.6 Å². The molecule has 11 nitrogen and oxygen atoms in total. The Labute approximate surface area is 228 Å². The van der Waals surface area contributed by atoms with Gasteiger partial charge in [0.1, 0.15) is 6.10 Å². The van der Waals surface area contributed by atoms with Crippen molar-refractivity contribution in [3.05, 3.63) is 59.1 Å². The number of carbonyl (C=O) groups excluding carboxylic acids is 4. The minimum Gasteiger partial charge on any atom is -0.492 e. The summed E-state index contributed by atoms with van der Waals surface area (Å²) in [7, 11) is 4.19. The average Bonchev–Trinajstić information content (AvgIpc) is 2.89. The van der Waals surface area contributed by atoms with Crippen LogP contribution in [-0.2, 0) is 33.3 Å². The summed E-state index contributed by atoms with van der Waals surface area (Å²) in [6, 6.07) is 0. The molecule has 2 aliphatic rings. The van der Waals surface area contributed by atoms with Crippen molar-refractivity contribution in [3.63, 3.8) is 0 Å². The van der Waals surface area contributed by atoms with E-state index in [0.717, 1.165) is 6.08 Å². The van der Waals surface area contributed by atoms with E-state index in [9.17, 15) is 24.3 Å². The molecule has 11 heteroatoms. The number of ketones is 2. The highest BCUT2D eigenvalue weighted by atomic mass is 16.6. The zero-order valence-electron chi connectivity index (χ0n) is 23.1. The SMILES string of the molecule is COC1=C2C[C@@H](C)C[C@H](OC)[C@H](O)[C@@H](C)/C=C/[C@H](OC(N)=O)[C@@H](OC)/C=C\C=C(/C)C(=O)NC(=CC1=O)C2=O. The standard InChI is InChI=1S/C28H38N2O9/c1-15-12-18-25(33)19(14-20(31)26(18)38-6)30-27(34)17(3)8-7-9-21(36-4)22(39-28(29)35)11-10-16(2)24(32)23(13-15)37-5/h7-11,14-16,21-24,32H,12-13H2,1-6H3,(H2,29,35)(H,30,34)/b9-7-,11-10+,17-8+/t15-,16+,21+,22+,23+,24-/m1/s1. The number of Topliss-reactive ketones (excluding diaryl/α,β-unsaturated/α-hetero) is 1. The third-order valence-electron chi connectivity index (χ3n) is 6.61. The maximum atomic E-state index is 13.3. The van der Waals surface area contributed by atoms with Gasteiger partial charge >= 0.3 is 6.09 Å². The fraction of sp³-hybridized carbons (Fsp3) is 0.500. The van der Waals surface area contributed by atoms with Gasteiger partial charge in [-0.25, -0.2) is 4.79 Å². The van der Waals surface area contributed by atoms with Crippen LogP contribution in [0.15, 0.2) is 59.1 Å². The van der Waals surface area contributed by atoms with Crippen LogP contribution in [0.1, 0.15) is 33.6 Å². The molecule has 0 saturated heterocycles. The van der Waals surface area contributed by atoms with Gasteiger partial charge < -0.3 is 35.1 Å². The van der Waals surface area contributed by atoms with Gasteiger partial charge in [0.15, 0.2) is 11.9 Å². The Morgan fingerprint density at radius 3 is 2.33 bits per heavy atom. The number of ether oxygens (including phenoxy) is 4. The van der Waals surface area contributed by atoms with Gasteiger partial charge in [0.05, 0.1) is 25.0 Å². The lowest BCUT2D eigenvalue weighted by Gasteiger charge is -2.28. The number of rotatable bonds is 4. The van der Waals surface area contributed by atoms with Crippen molar-refractivity contribution in [3.8, 4) is 0 Å². The summed E-state index contributed by atoms with van der Waals surface area (Å²) in [6.07, 6.45) is 5.06. The molecule has 0 radical (unpaired) electrons. The molecule has 0 aromatic rings. The van der Waals surface area contributed by atoms with Crippen molar-refractivity contribution in [2.45, 2.75) is 58.0 Å². The lowest BCUT2D eigenvalue weighted by Crippen LogP contribution is -2.36. The average molecular weight is 547 g/mol. The normalized spacial score (nSPS) is 32.4. The Morgan fingerprint density at radius 2 is 1.74 bits per heavy atom. The van der Waals surface area contributed by atoms with Crippen molar-refractivity contribution in [1.29, 1.82) is 0 Å². The molecule has 2 bridgehead atoms. The molecule has 2 rings (SSSR count). The number of primary amides is 1. The predicted octanol–water partition coefficient (Wildman–Crippen LogP) is 2.02. The number of nitrogens with one attached hydrogen (secondary N) is 1. The minimum absolute atomic E-state index is 0.0807. The Hall–Kier alpha value is -3.54. The van der Waals surface area contributed by atoms with E-state index in [1.165, 1.54) is 40.4 Å². The number of hydrogen-bond acceptors (Lipinski definition) is 9. The summed E-state index contributed by atoms with van der Waals surface area (Å²) in [6.45, 7) is 5.16. The lowest BCUT2D eigenvalue weighted by atomic mass is 9.86. The number of allylic oxidation sites excluding steroid dienone is 4. The van der Waals surface area contributed by atoms with Crippen molar-refractivity contribution >= 4 is 23.6 Å². The number of aliphatic hydroxyl groups is 1. The number of aliphatic hydroxyl groups excluding tert-OH is 1. The summed E-state index contributed by atoms with van der Waals surface area (Å²) >= 11 is 0. The summed E-state index contributed by atoms with van der Waals surface area (Å²) in [5.74, 6) is -2.38. The summed E-state index contributed by atoms with van der Waals surface area (Å²) in [4.78, 5) is 50.3. The first-order valence-electron chi connectivity index (χ1n) is 12.6. The Bertz CT molecular complexity index is 1100. The molecule has 0 unspecified atom stereocenters. The van der Waals surface area contributed by atoms with Crippen molar-refractivity contribution in [1.82, 2.24) is 5.32 Å². The molecule has 1 aliphatic heterocycles. The molecule has 1 heterocycles. The van der Waals surface area contributed by atoms with E-state index in [2.05, 4.69) is 5.32 Å². The summed E-state index contributed by atoms with van der Waals surface area (Å²) < 4.78 is 21.5. The number of fused-ring (bicyclic) bond motifs is 2. The zero-order valence-corrected chi connectivity index (χ0v) is 23.1. The van der Waals surface area contributed by atoms with Crippen molar-refractivity contribution < 1.29 is 43.2 Å². The first kappa shape index (κ1) is 31.7. The Kier molecular flexibility index (Phi) is 11.8. The van der Waals surface area contributed by atoms with Crippen LogP contribution in [-0.4, -0.2) is 74.4 Å². The molecule has 39 heavy (non-hydrogen) atoms. The molecular weight excluding hydrogens is 508 g/mol. The second-order valence-corrected chi connectivity index (χ2v) is 9.61. The van der Waals surface area contributed by atoms with Crippen LogP contribution < -0.4 is 11.1 Å². The number of carbonyl (C=O) groups is 4. The highest BCUT2D eigenvalue weighted by molar-refractivity contribution is 6.23. The third kappa shape index (κ3) is 8.47. The van der Waals surface area contributed by atoms with E-state index >= 15 is 0 Å². The van der Waals surface area contributed by atoms with Gasteiger partial charge in [-0.1, -0.05) is 38.2 Å². The van der Waals surface area contributed by atoms with Crippen LogP contribution >= 0.6 is 0 Å². The molecule has 214 valence electrons. The summed E-state index contributed by atoms with van der Waals surface area (Å²) in [5.41, 5.74) is 5.47. The zero-order chi connectivity index (χ0) is 29.3. The van der Waals surface area contributed by atoms with E-state index < -0.39 is 53.9 Å². The number of nitrogens with two attached hydrogens (primary N) is 1. The molecule has 0 fully saturated rings. The van der Waals surface area contributed by atoms with Gasteiger partial charge in [-0.3, -0.25) is 14.4 Å².